The van der Waals surface area contributed by atoms with Crippen LogP contribution < -0.4 is 10.1 Å². The Balaban J connectivity index is 0.00000225. The predicted molar refractivity (Wildman–Crippen MR) is 111 cm³/mol. The molecular formula is C19H22Br2ClNO2. The molecule has 1 unspecified atom stereocenters. The number of ether oxygens (including phenoxy) is 2. The average molecular weight is 492 g/mol. The summed E-state index contributed by atoms with van der Waals surface area (Å²) in [5.74, 6) is 0.835. The van der Waals surface area contributed by atoms with Crippen molar-refractivity contribution < 1.29 is 9.47 Å². The first kappa shape index (κ1) is 20.7. The van der Waals surface area contributed by atoms with Crippen LogP contribution in [0.25, 0.3) is 0 Å². The van der Waals surface area contributed by atoms with E-state index < -0.39 is 0 Å². The zero-order chi connectivity index (χ0) is 16.8. The summed E-state index contributed by atoms with van der Waals surface area (Å²) in [5, 5.41) is 3.47. The molecule has 0 saturated carbocycles. The largest absolute Gasteiger partial charge is 0.487 e. The van der Waals surface area contributed by atoms with Crippen molar-refractivity contribution in [3.8, 4) is 5.75 Å². The van der Waals surface area contributed by atoms with Crippen LogP contribution in [-0.4, -0.2) is 19.3 Å². The maximum atomic E-state index is 5.96. The lowest BCUT2D eigenvalue weighted by Crippen LogP contribution is -2.25. The summed E-state index contributed by atoms with van der Waals surface area (Å²) in [6, 6.07) is 14.4. The predicted octanol–water partition coefficient (Wildman–Crippen LogP) is 5.48. The molecule has 1 fully saturated rings. The molecule has 1 saturated heterocycles. The molecule has 1 atom stereocenters. The van der Waals surface area contributed by atoms with E-state index in [4.69, 9.17) is 9.47 Å². The number of hydrogen-bond donors (Lipinski definition) is 1. The molecule has 0 amide bonds. The van der Waals surface area contributed by atoms with Gasteiger partial charge in [0.25, 0.3) is 0 Å². The van der Waals surface area contributed by atoms with E-state index in [1.165, 1.54) is 12.0 Å². The molecule has 1 N–H and O–H groups in total. The van der Waals surface area contributed by atoms with Gasteiger partial charge >= 0.3 is 0 Å². The minimum absolute atomic E-state index is 0. The zero-order valence-electron chi connectivity index (χ0n) is 13.8. The lowest BCUT2D eigenvalue weighted by atomic mass is 10.2. The van der Waals surface area contributed by atoms with E-state index in [2.05, 4.69) is 61.4 Å². The molecule has 0 aromatic heterocycles. The standard InChI is InChI=1S/C19H21Br2NO2.ClH/c20-17-9-15(11-22-12-16-7-4-8-23-16)10-18(21)19(17)24-13-14-5-2-1-3-6-14;/h1-3,5-6,9-10,16,22H,4,7-8,11-13H2;1H. The summed E-state index contributed by atoms with van der Waals surface area (Å²) in [7, 11) is 0. The Hall–Kier alpha value is -0.590. The molecule has 2 aromatic carbocycles. The Kier molecular flexibility index (Phi) is 8.73. The summed E-state index contributed by atoms with van der Waals surface area (Å²) in [6.45, 7) is 3.17. The van der Waals surface area contributed by atoms with E-state index in [1.807, 2.05) is 18.2 Å². The molecule has 136 valence electrons. The van der Waals surface area contributed by atoms with Crippen LogP contribution in [0.3, 0.4) is 0 Å². The lowest BCUT2D eigenvalue weighted by Gasteiger charge is -2.14. The van der Waals surface area contributed by atoms with Gasteiger partial charge in [0.1, 0.15) is 12.4 Å². The Morgan fingerprint density at radius 3 is 2.44 bits per heavy atom. The lowest BCUT2D eigenvalue weighted by molar-refractivity contribution is 0.110. The molecule has 1 aliphatic heterocycles. The van der Waals surface area contributed by atoms with Gasteiger partial charge in [-0.2, -0.15) is 0 Å². The average Bonchev–Trinajstić information content (AvgIpc) is 3.08. The fourth-order valence-electron chi connectivity index (χ4n) is 2.76. The van der Waals surface area contributed by atoms with Crippen molar-refractivity contribution in [2.75, 3.05) is 13.2 Å². The smallest absolute Gasteiger partial charge is 0.148 e. The maximum Gasteiger partial charge on any atom is 0.148 e. The van der Waals surface area contributed by atoms with Crippen molar-refractivity contribution in [3.63, 3.8) is 0 Å². The van der Waals surface area contributed by atoms with E-state index in [1.54, 1.807) is 0 Å². The van der Waals surface area contributed by atoms with Gasteiger partial charge < -0.3 is 14.8 Å². The molecule has 0 aliphatic carbocycles. The van der Waals surface area contributed by atoms with Crippen molar-refractivity contribution >= 4 is 44.3 Å². The minimum atomic E-state index is 0. The van der Waals surface area contributed by atoms with Crippen LogP contribution in [0, 0.1) is 0 Å². The first-order chi connectivity index (χ1) is 11.7. The van der Waals surface area contributed by atoms with Crippen LogP contribution in [0.1, 0.15) is 24.0 Å². The summed E-state index contributed by atoms with van der Waals surface area (Å²) < 4.78 is 13.5. The molecule has 25 heavy (non-hydrogen) atoms. The van der Waals surface area contributed by atoms with Crippen LogP contribution in [0.2, 0.25) is 0 Å². The Labute approximate surface area is 172 Å². The first-order valence-electron chi connectivity index (χ1n) is 8.19. The second-order valence-corrected chi connectivity index (χ2v) is 7.64. The Bertz CT molecular complexity index is 641. The quantitative estimate of drug-likeness (QED) is 0.556. The number of halogens is 3. The van der Waals surface area contributed by atoms with E-state index in [0.717, 1.165) is 46.4 Å². The normalized spacial score (nSPS) is 16.5. The fraction of sp³-hybridized carbons (Fsp3) is 0.368. The van der Waals surface area contributed by atoms with E-state index >= 15 is 0 Å². The highest BCUT2D eigenvalue weighted by molar-refractivity contribution is 9.11. The van der Waals surface area contributed by atoms with Gasteiger partial charge in [0.15, 0.2) is 0 Å². The van der Waals surface area contributed by atoms with Crippen molar-refractivity contribution in [2.45, 2.75) is 32.1 Å². The number of nitrogens with one attached hydrogen (secondary N) is 1. The SMILES string of the molecule is Brc1cc(CNCC2CCCO2)cc(Br)c1OCc1ccccc1.Cl. The molecule has 2 aromatic rings. The zero-order valence-corrected chi connectivity index (χ0v) is 17.8. The van der Waals surface area contributed by atoms with E-state index in [9.17, 15) is 0 Å². The van der Waals surface area contributed by atoms with Crippen LogP contribution in [0.4, 0.5) is 0 Å². The Morgan fingerprint density at radius 1 is 1.08 bits per heavy atom. The molecule has 0 spiro atoms. The van der Waals surface area contributed by atoms with Gasteiger partial charge in [-0.25, -0.2) is 0 Å². The van der Waals surface area contributed by atoms with Crippen molar-refractivity contribution in [1.29, 1.82) is 0 Å². The topological polar surface area (TPSA) is 30.5 Å². The third-order valence-corrected chi connectivity index (χ3v) is 5.19. The molecule has 0 bridgehead atoms. The first-order valence-corrected chi connectivity index (χ1v) is 9.78. The maximum absolute atomic E-state index is 5.96. The highest BCUT2D eigenvalue weighted by atomic mass is 79.9. The molecule has 6 heteroatoms. The number of rotatable bonds is 7. The summed E-state index contributed by atoms with van der Waals surface area (Å²) >= 11 is 7.24. The van der Waals surface area contributed by atoms with Crippen LogP contribution in [0.5, 0.6) is 5.75 Å². The van der Waals surface area contributed by atoms with Gasteiger partial charge in [-0.1, -0.05) is 30.3 Å². The van der Waals surface area contributed by atoms with E-state index in [0.29, 0.717) is 12.7 Å². The highest BCUT2D eigenvalue weighted by Crippen LogP contribution is 2.35. The summed E-state index contributed by atoms with van der Waals surface area (Å²) in [5.41, 5.74) is 2.36. The van der Waals surface area contributed by atoms with Crippen molar-refractivity contribution in [1.82, 2.24) is 5.32 Å². The van der Waals surface area contributed by atoms with Gasteiger partial charge in [0.2, 0.25) is 0 Å². The van der Waals surface area contributed by atoms with Gasteiger partial charge in [0, 0.05) is 19.7 Å². The van der Waals surface area contributed by atoms with Gasteiger partial charge in [-0.05, 0) is 68.0 Å². The van der Waals surface area contributed by atoms with Gasteiger partial charge in [0.05, 0.1) is 15.0 Å². The molecular weight excluding hydrogens is 469 g/mol. The monoisotopic (exact) mass is 489 g/mol. The van der Waals surface area contributed by atoms with Crippen LogP contribution in [-0.2, 0) is 17.9 Å². The minimum Gasteiger partial charge on any atom is -0.487 e. The third kappa shape index (κ3) is 6.26. The summed E-state index contributed by atoms with van der Waals surface area (Å²) in [4.78, 5) is 0. The molecule has 1 heterocycles. The van der Waals surface area contributed by atoms with Gasteiger partial charge in [-0.15, -0.1) is 12.4 Å². The van der Waals surface area contributed by atoms with Crippen LogP contribution >= 0.6 is 44.3 Å². The van der Waals surface area contributed by atoms with Crippen molar-refractivity contribution in [3.05, 3.63) is 62.5 Å². The summed E-state index contributed by atoms with van der Waals surface area (Å²) in [6.07, 6.45) is 2.70. The molecule has 1 aliphatic rings. The van der Waals surface area contributed by atoms with Gasteiger partial charge in [-0.3, -0.25) is 0 Å². The Morgan fingerprint density at radius 2 is 1.80 bits per heavy atom. The second-order valence-electron chi connectivity index (χ2n) is 5.93. The second kappa shape index (κ2) is 10.5. The number of benzene rings is 2. The number of hydrogen-bond acceptors (Lipinski definition) is 3. The van der Waals surface area contributed by atoms with E-state index in [-0.39, 0.29) is 12.4 Å². The molecule has 3 nitrogen and oxygen atoms in total. The third-order valence-electron chi connectivity index (χ3n) is 4.01. The molecule has 0 radical (unpaired) electrons. The molecule has 3 rings (SSSR count). The highest BCUT2D eigenvalue weighted by Gasteiger charge is 2.15. The van der Waals surface area contributed by atoms with Crippen molar-refractivity contribution in [2.24, 2.45) is 0 Å². The van der Waals surface area contributed by atoms with Crippen LogP contribution in [0.15, 0.2) is 51.4 Å². The fourth-order valence-corrected chi connectivity index (χ4v) is 4.28.